The fraction of sp³-hybridized carbons (Fsp3) is 0.636. The van der Waals surface area contributed by atoms with Gasteiger partial charge in [0.2, 0.25) is 0 Å². The van der Waals surface area contributed by atoms with Crippen LogP contribution >= 0.6 is 0 Å². The van der Waals surface area contributed by atoms with E-state index in [0.29, 0.717) is 6.10 Å². The highest BCUT2D eigenvalue weighted by Crippen LogP contribution is 2.20. The summed E-state index contributed by atoms with van der Waals surface area (Å²) in [5.41, 5.74) is 5.99. The molecule has 1 aromatic rings. The minimum absolute atomic E-state index is 0.0598. The van der Waals surface area contributed by atoms with E-state index in [0.717, 1.165) is 25.3 Å². The first-order valence-electron chi connectivity index (χ1n) is 5.50. The molecule has 1 saturated heterocycles. The van der Waals surface area contributed by atoms with E-state index in [1.165, 1.54) is 12.8 Å². The van der Waals surface area contributed by atoms with Crippen LogP contribution in [-0.2, 0) is 4.74 Å². The SMILES string of the molecule is NC(CCC1CCCO1)c1ncccn1. The van der Waals surface area contributed by atoms with Gasteiger partial charge in [-0.3, -0.25) is 0 Å². The number of nitrogens with zero attached hydrogens (tertiary/aromatic N) is 2. The molecule has 1 aliphatic rings. The van der Waals surface area contributed by atoms with E-state index in [2.05, 4.69) is 9.97 Å². The van der Waals surface area contributed by atoms with Crippen LogP contribution in [0, 0.1) is 0 Å². The second kappa shape index (κ2) is 5.19. The fourth-order valence-corrected chi connectivity index (χ4v) is 1.87. The number of hydrogen-bond acceptors (Lipinski definition) is 4. The lowest BCUT2D eigenvalue weighted by Gasteiger charge is -2.13. The monoisotopic (exact) mass is 207 g/mol. The summed E-state index contributed by atoms with van der Waals surface area (Å²) in [7, 11) is 0. The van der Waals surface area contributed by atoms with E-state index in [1.807, 2.05) is 0 Å². The van der Waals surface area contributed by atoms with Gasteiger partial charge >= 0.3 is 0 Å². The van der Waals surface area contributed by atoms with Gasteiger partial charge in [-0.1, -0.05) is 0 Å². The van der Waals surface area contributed by atoms with E-state index in [9.17, 15) is 0 Å². The van der Waals surface area contributed by atoms with Crippen molar-refractivity contribution in [1.29, 1.82) is 0 Å². The fourth-order valence-electron chi connectivity index (χ4n) is 1.87. The largest absolute Gasteiger partial charge is 0.378 e. The Kier molecular flexibility index (Phi) is 3.64. The Labute approximate surface area is 89.9 Å². The van der Waals surface area contributed by atoms with Crippen molar-refractivity contribution in [3.8, 4) is 0 Å². The van der Waals surface area contributed by atoms with Gasteiger partial charge < -0.3 is 10.5 Å². The van der Waals surface area contributed by atoms with Crippen LogP contribution in [0.25, 0.3) is 0 Å². The van der Waals surface area contributed by atoms with Gasteiger partial charge in [-0.05, 0) is 31.7 Å². The third-order valence-corrected chi connectivity index (χ3v) is 2.74. The van der Waals surface area contributed by atoms with Gasteiger partial charge in [0.15, 0.2) is 0 Å². The van der Waals surface area contributed by atoms with Crippen LogP contribution in [0.2, 0.25) is 0 Å². The van der Waals surface area contributed by atoms with Gasteiger partial charge in [0.1, 0.15) is 5.82 Å². The number of rotatable bonds is 4. The maximum absolute atomic E-state index is 5.99. The molecule has 2 atom stereocenters. The zero-order valence-corrected chi connectivity index (χ0v) is 8.80. The lowest BCUT2D eigenvalue weighted by atomic mass is 10.1. The molecule has 0 aromatic carbocycles. The minimum atomic E-state index is -0.0598. The van der Waals surface area contributed by atoms with Crippen molar-refractivity contribution in [1.82, 2.24) is 9.97 Å². The predicted molar refractivity (Wildman–Crippen MR) is 57.2 cm³/mol. The molecule has 0 radical (unpaired) electrons. The van der Waals surface area contributed by atoms with Crippen LogP contribution in [0.5, 0.6) is 0 Å². The van der Waals surface area contributed by atoms with E-state index >= 15 is 0 Å². The van der Waals surface area contributed by atoms with Crippen LogP contribution in [0.15, 0.2) is 18.5 Å². The van der Waals surface area contributed by atoms with Crippen molar-refractivity contribution in [2.45, 2.75) is 37.8 Å². The molecule has 0 amide bonds. The van der Waals surface area contributed by atoms with E-state index in [1.54, 1.807) is 18.5 Å². The van der Waals surface area contributed by atoms with Gasteiger partial charge in [0.05, 0.1) is 12.1 Å². The number of nitrogens with two attached hydrogens (primary N) is 1. The molecule has 2 rings (SSSR count). The van der Waals surface area contributed by atoms with Crippen molar-refractivity contribution in [3.63, 3.8) is 0 Å². The molecule has 1 aromatic heterocycles. The summed E-state index contributed by atoms with van der Waals surface area (Å²) in [4.78, 5) is 8.29. The first kappa shape index (κ1) is 10.5. The quantitative estimate of drug-likeness (QED) is 0.811. The van der Waals surface area contributed by atoms with Gasteiger partial charge in [-0.15, -0.1) is 0 Å². The molecule has 0 bridgehead atoms. The maximum Gasteiger partial charge on any atom is 0.144 e. The van der Waals surface area contributed by atoms with E-state index in [4.69, 9.17) is 10.5 Å². The third-order valence-electron chi connectivity index (χ3n) is 2.74. The molecule has 1 aliphatic heterocycles. The first-order valence-corrected chi connectivity index (χ1v) is 5.50. The smallest absolute Gasteiger partial charge is 0.144 e. The molecule has 2 N–H and O–H groups in total. The highest BCUT2D eigenvalue weighted by molar-refractivity contribution is 4.94. The second-order valence-electron chi connectivity index (χ2n) is 3.93. The Hall–Kier alpha value is -1.00. The predicted octanol–water partition coefficient (Wildman–Crippen LogP) is 1.44. The average Bonchev–Trinajstić information content (AvgIpc) is 2.80. The number of aromatic nitrogens is 2. The van der Waals surface area contributed by atoms with E-state index < -0.39 is 0 Å². The van der Waals surface area contributed by atoms with Gasteiger partial charge in [0.25, 0.3) is 0 Å². The molecule has 4 heteroatoms. The maximum atomic E-state index is 5.99. The van der Waals surface area contributed by atoms with Crippen molar-refractivity contribution < 1.29 is 4.74 Å². The minimum Gasteiger partial charge on any atom is -0.378 e. The molecular formula is C11H17N3O. The molecule has 2 unspecified atom stereocenters. The number of hydrogen-bond donors (Lipinski definition) is 1. The normalized spacial score (nSPS) is 22.9. The zero-order valence-electron chi connectivity index (χ0n) is 8.80. The topological polar surface area (TPSA) is 61.0 Å². The molecule has 4 nitrogen and oxygen atoms in total. The summed E-state index contributed by atoms with van der Waals surface area (Å²) < 4.78 is 5.54. The summed E-state index contributed by atoms with van der Waals surface area (Å²) in [6.07, 6.45) is 8.13. The van der Waals surface area contributed by atoms with Crippen molar-refractivity contribution >= 4 is 0 Å². The summed E-state index contributed by atoms with van der Waals surface area (Å²) in [6.45, 7) is 0.905. The highest BCUT2D eigenvalue weighted by Gasteiger charge is 2.17. The summed E-state index contributed by atoms with van der Waals surface area (Å²) >= 11 is 0. The molecular weight excluding hydrogens is 190 g/mol. The van der Waals surface area contributed by atoms with Crippen LogP contribution in [0.4, 0.5) is 0 Å². The standard InChI is InChI=1S/C11H17N3O/c12-10(11-13-6-2-7-14-11)5-4-9-3-1-8-15-9/h2,6-7,9-10H,1,3-5,8,12H2. The van der Waals surface area contributed by atoms with Gasteiger partial charge in [-0.25, -0.2) is 9.97 Å². The molecule has 82 valence electrons. The number of ether oxygens (including phenoxy) is 1. The molecule has 0 spiro atoms. The molecule has 1 fully saturated rings. The van der Waals surface area contributed by atoms with Crippen LogP contribution in [-0.4, -0.2) is 22.7 Å². The van der Waals surface area contributed by atoms with Crippen molar-refractivity contribution in [2.24, 2.45) is 5.73 Å². The Bertz CT molecular complexity index is 285. The molecule has 0 aliphatic carbocycles. The Morgan fingerprint density at radius 1 is 1.47 bits per heavy atom. The van der Waals surface area contributed by atoms with Gasteiger partial charge in [-0.2, -0.15) is 0 Å². The van der Waals surface area contributed by atoms with Gasteiger partial charge in [0, 0.05) is 19.0 Å². The molecule has 2 heterocycles. The third kappa shape index (κ3) is 2.97. The van der Waals surface area contributed by atoms with Crippen LogP contribution < -0.4 is 5.73 Å². The van der Waals surface area contributed by atoms with Crippen LogP contribution in [0.1, 0.15) is 37.5 Å². The molecule has 15 heavy (non-hydrogen) atoms. The Morgan fingerprint density at radius 2 is 2.27 bits per heavy atom. The average molecular weight is 207 g/mol. The summed E-state index contributed by atoms with van der Waals surface area (Å²) in [6, 6.07) is 1.74. The Balaban J connectivity index is 1.79. The lowest BCUT2D eigenvalue weighted by Crippen LogP contribution is -2.16. The summed E-state index contributed by atoms with van der Waals surface area (Å²) in [5.74, 6) is 0.732. The zero-order chi connectivity index (χ0) is 10.5. The molecule has 0 saturated carbocycles. The highest BCUT2D eigenvalue weighted by atomic mass is 16.5. The lowest BCUT2D eigenvalue weighted by molar-refractivity contribution is 0.100. The van der Waals surface area contributed by atoms with E-state index in [-0.39, 0.29) is 6.04 Å². The first-order chi connectivity index (χ1) is 7.36. The second-order valence-corrected chi connectivity index (χ2v) is 3.93. The van der Waals surface area contributed by atoms with Crippen LogP contribution in [0.3, 0.4) is 0 Å². The summed E-state index contributed by atoms with van der Waals surface area (Å²) in [5, 5.41) is 0. The van der Waals surface area contributed by atoms with Crippen molar-refractivity contribution in [2.75, 3.05) is 6.61 Å². The Morgan fingerprint density at radius 3 is 2.93 bits per heavy atom. The van der Waals surface area contributed by atoms with Crippen molar-refractivity contribution in [3.05, 3.63) is 24.3 Å².